The van der Waals surface area contributed by atoms with E-state index in [0.29, 0.717) is 13.2 Å². The van der Waals surface area contributed by atoms with Gasteiger partial charge in [0.25, 0.3) is 0 Å². The largest absolute Gasteiger partial charge is 0.466 e. The van der Waals surface area contributed by atoms with E-state index in [0.717, 1.165) is 12.8 Å². The second kappa shape index (κ2) is 11.4. The van der Waals surface area contributed by atoms with E-state index >= 15 is 0 Å². The molecule has 0 aliphatic carbocycles. The van der Waals surface area contributed by atoms with Crippen LogP contribution < -0.4 is 5.32 Å². The second-order valence-electron chi connectivity index (χ2n) is 6.45. The van der Waals surface area contributed by atoms with E-state index in [1.165, 1.54) is 19.3 Å². The molecule has 0 unspecified atom stereocenters. The van der Waals surface area contributed by atoms with Gasteiger partial charge in [-0.05, 0) is 11.8 Å². The van der Waals surface area contributed by atoms with Crippen LogP contribution in [0.3, 0.4) is 0 Å². The molecule has 0 fully saturated rings. The van der Waals surface area contributed by atoms with Crippen LogP contribution in [0.1, 0.15) is 66.2 Å². The molecule has 0 spiro atoms. The third-order valence-electron chi connectivity index (χ3n) is 2.75. The molecule has 0 aromatic heterocycles. The van der Waals surface area contributed by atoms with Gasteiger partial charge in [-0.1, -0.05) is 53.4 Å². The number of nitrogens with one attached hydrogen (secondary N) is 1. The summed E-state index contributed by atoms with van der Waals surface area (Å²) < 4.78 is 10.1. The summed E-state index contributed by atoms with van der Waals surface area (Å²) >= 11 is 0. The van der Waals surface area contributed by atoms with Crippen LogP contribution in [0.15, 0.2) is 0 Å². The van der Waals surface area contributed by atoms with E-state index < -0.39 is 6.09 Å². The zero-order chi connectivity index (χ0) is 16.1. The van der Waals surface area contributed by atoms with Crippen molar-refractivity contribution in [3.05, 3.63) is 0 Å². The van der Waals surface area contributed by atoms with Gasteiger partial charge in [0, 0.05) is 6.54 Å². The molecule has 0 saturated heterocycles. The second-order valence-corrected chi connectivity index (χ2v) is 6.45. The summed E-state index contributed by atoms with van der Waals surface area (Å²) in [5, 5.41) is 2.54. The summed E-state index contributed by atoms with van der Waals surface area (Å²) in [6.07, 6.45) is 5.32. The zero-order valence-electron chi connectivity index (χ0n) is 14.0. The van der Waals surface area contributed by atoms with E-state index in [1.54, 1.807) is 0 Å². The van der Waals surface area contributed by atoms with Crippen LogP contribution in [-0.2, 0) is 14.3 Å². The molecule has 5 heteroatoms. The first-order chi connectivity index (χ1) is 9.85. The fraction of sp³-hybridized carbons (Fsp3) is 0.875. The lowest BCUT2D eigenvalue weighted by Gasteiger charge is -2.17. The van der Waals surface area contributed by atoms with Crippen LogP contribution in [0.4, 0.5) is 4.79 Å². The molecule has 21 heavy (non-hydrogen) atoms. The molecule has 0 heterocycles. The average Bonchev–Trinajstić information content (AvgIpc) is 2.39. The van der Waals surface area contributed by atoms with Crippen LogP contribution >= 0.6 is 0 Å². The molecule has 1 amide bonds. The first-order valence-corrected chi connectivity index (χ1v) is 7.91. The highest BCUT2D eigenvalue weighted by Gasteiger charge is 2.13. The van der Waals surface area contributed by atoms with Crippen molar-refractivity contribution in [1.29, 1.82) is 0 Å². The first kappa shape index (κ1) is 19.7. The standard InChI is InChI=1S/C16H31NO4/c1-5-6-7-8-9-12-20-14(18)10-11-17-15(19)21-13-16(2,3)4/h5-13H2,1-4H3,(H,17,19). The Morgan fingerprint density at radius 1 is 1.00 bits per heavy atom. The molecular weight excluding hydrogens is 270 g/mol. The molecule has 0 saturated carbocycles. The number of ether oxygens (including phenoxy) is 2. The molecule has 5 nitrogen and oxygen atoms in total. The first-order valence-electron chi connectivity index (χ1n) is 7.91. The van der Waals surface area contributed by atoms with Gasteiger partial charge in [-0.3, -0.25) is 4.79 Å². The Hall–Kier alpha value is -1.26. The predicted octanol–water partition coefficient (Wildman–Crippen LogP) is 3.66. The predicted molar refractivity (Wildman–Crippen MR) is 83.1 cm³/mol. The molecule has 0 atom stereocenters. The lowest BCUT2D eigenvalue weighted by atomic mass is 9.99. The number of carbonyl (C=O) groups is 2. The zero-order valence-corrected chi connectivity index (χ0v) is 14.0. The summed E-state index contributed by atoms with van der Waals surface area (Å²) in [6, 6.07) is 0. The number of rotatable bonds is 10. The molecule has 0 aliphatic heterocycles. The fourth-order valence-corrected chi connectivity index (χ4v) is 1.56. The van der Waals surface area contributed by atoms with E-state index in [1.807, 2.05) is 20.8 Å². The van der Waals surface area contributed by atoms with Crippen molar-refractivity contribution in [3.8, 4) is 0 Å². The highest BCUT2D eigenvalue weighted by atomic mass is 16.5. The third kappa shape index (κ3) is 15.0. The van der Waals surface area contributed by atoms with Crippen LogP contribution in [0.2, 0.25) is 0 Å². The van der Waals surface area contributed by atoms with Gasteiger partial charge >= 0.3 is 12.1 Å². The van der Waals surface area contributed by atoms with E-state index in [9.17, 15) is 9.59 Å². The van der Waals surface area contributed by atoms with Crippen molar-refractivity contribution >= 4 is 12.1 Å². The molecule has 0 rings (SSSR count). The van der Waals surface area contributed by atoms with Gasteiger partial charge in [-0.15, -0.1) is 0 Å². The summed E-state index contributed by atoms with van der Waals surface area (Å²) in [5.74, 6) is -0.276. The maximum absolute atomic E-state index is 11.4. The Morgan fingerprint density at radius 2 is 1.67 bits per heavy atom. The number of esters is 1. The van der Waals surface area contributed by atoms with Crippen molar-refractivity contribution in [2.45, 2.75) is 66.2 Å². The topological polar surface area (TPSA) is 64.6 Å². The Labute approximate surface area is 128 Å². The van der Waals surface area contributed by atoms with Gasteiger partial charge in [0.15, 0.2) is 0 Å². The molecule has 1 N–H and O–H groups in total. The molecule has 0 aromatic rings. The molecule has 0 bridgehead atoms. The monoisotopic (exact) mass is 301 g/mol. The van der Waals surface area contributed by atoms with Gasteiger partial charge in [0.05, 0.1) is 19.6 Å². The number of hydrogen-bond acceptors (Lipinski definition) is 4. The van der Waals surface area contributed by atoms with Crippen molar-refractivity contribution in [2.24, 2.45) is 5.41 Å². The smallest absolute Gasteiger partial charge is 0.407 e. The summed E-state index contributed by atoms with van der Waals surface area (Å²) in [7, 11) is 0. The maximum Gasteiger partial charge on any atom is 0.407 e. The molecule has 0 aromatic carbocycles. The van der Waals surface area contributed by atoms with Crippen molar-refractivity contribution in [1.82, 2.24) is 5.32 Å². The van der Waals surface area contributed by atoms with Crippen LogP contribution in [0.25, 0.3) is 0 Å². The minimum Gasteiger partial charge on any atom is -0.466 e. The Morgan fingerprint density at radius 3 is 2.29 bits per heavy atom. The molecule has 0 radical (unpaired) electrons. The lowest BCUT2D eigenvalue weighted by Crippen LogP contribution is -2.30. The number of amides is 1. The number of hydrogen-bond donors (Lipinski definition) is 1. The highest BCUT2D eigenvalue weighted by molar-refractivity contribution is 5.71. The van der Waals surface area contributed by atoms with Crippen molar-refractivity contribution < 1.29 is 19.1 Å². The van der Waals surface area contributed by atoms with Gasteiger partial charge < -0.3 is 14.8 Å². The Kier molecular flexibility index (Phi) is 10.7. The summed E-state index contributed by atoms with van der Waals surface area (Å²) in [4.78, 5) is 22.8. The van der Waals surface area contributed by atoms with Crippen LogP contribution in [0, 0.1) is 5.41 Å². The van der Waals surface area contributed by atoms with Crippen LogP contribution in [0.5, 0.6) is 0 Å². The van der Waals surface area contributed by atoms with E-state index in [2.05, 4.69) is 12.2 Å². The van der Waals surface area contributed by atoms with Crippen LogP contribution in [-0.4, -0.2) is 31.8 Å². The van der Waals surface area contributed by atoms with Gasteiger partial charge in [-0.25, -0.2) is 4.79 Å². The average molecular weight is 301 g/mol. The van der Waals surface area contributed by atoms with Crippen molar-refractivity contribution in [3.63, 3.8) is 0 Å². The Balaban J connectivity index is 3.46. The minimum atomic E-state index is -0.489. The SMILES string of the molecule is CCCCCCCOC(=O)CCNC(=O)OCC(C)(C)C. The van der Waals surface area contributed by atoms with E-state index in [4.69, 9.17) is 9.47 Å². The quantitative estimate of drug-likeness (QED) is 0.494. The number of carbonyl (C=O) groups excluding carboxylic acids is 2. The maximum atomic E-state index is 11.4. The summed E-state index contributed by atoms with van der Waals surface area (Å²) in [5.41, 5.74) is -0.0615. The molecular formula is C16H31NO4. The van der Waals surface area contributed by atoms with Gasteiger partial charge in [0.1, 0.15) is 0 Å². The fourth-order valence-electron chi connectivity index (χ4n) is 1.56. The van der Waals surface area contributed by atoms with Gasteiger partial charge in [-0.2, -0.15) is 0 Å². The normalized spacial score (nSPS) is 11.0. The number of unbranched alkanes of at least 4 members (excludes halogenated alkanes) is 4. The van der Waals surface area contributed by atoms with E-state index in [-0.39, 0.29) is 24.3 Å². The highest BCUT2D eigenvalue weighted by Crippen LogP contribution is 2.12. The lowest BCUT2D eigenvalue weighted by molar-refractivity contribution is -0.143. The minimum absolute atomic E-state index is 0.0615. The summed E-state index contributed by atoms with van der Waals surface area (Å²) in [6.45, 7) is 9.18. The molecule has 124 valence electrons. The van der Waals surface area contributed by atoms with Crippen molar-refractivity contribution in [2.75, 3.05) is 19.8 Å². The number of alkyl carbamates (subject to hydrolysis) is 1. The van der Waals surface area contributed by atoms with Gasteiger partial charge in [0.2, 0.25) is 0 Å². The Bertz CT molecular complexity index is 297. The third-order valence-corrected chi connectivity index (χ3v) is 2.75. The molecule has 0 aliphatic rings.